The molecule has 1 heterocycles. The van der Waals surface area contributed by atoms with Crippen molar-refractivity contribution in [3.05, 3.63) is 0 Å². The largest absolute Gasteiger partial charge is 0.394 e. The minimum absolute atomic E-state index is 0.149. The third-order valence-corrected chi connectivity index (χ3v) is 4.95. The van der Waals surface area contributed by atoms with Crippen LogP contribution in [0.1, 0.15) is 40.0 Å². The molecule has 1 unspecified atom stereocenters. The number of hydrogen-bond acceptors (Lipinski definition) is 7. The predicted molar refractivity (Wildman–Crippen MR) is 80.4 cm³/mol. The van der Waals surface area contributed by atoms with Gasteiger partial charge in [0.15, 0.2) is 18.2 Å². The molecule has 1 saturated heterocycles. The van der Waals surface area contributed by atoms with Gasteiger partial charge in [0.25, 0.3) is 0 Å². The van der Waals surface area contributed by atoms with Crippen LogP contribution in [0.25, 0.3) is 0 Å². The highest BCUT2D eigenvalue weighted by Gasteiger charge is 2.47. The Hall–Kier alpha value is -0.570. The number of aliphatic hydroxyl groups is 4. The van der Waals surface area contributed by atoms with Crippen LogP contribution in [0.4, 0.5) is 0 Å². The van der Waals surface area contributed by atoms with E-state index in [4.69, 9.17) is 9.47 Å². The molecule has 2 fully saturated rings. The second-order valence-electron chi connectivity index (χ2n) is 7.37. The second-order valence-corrected chi connectivity index (χ2v) is 7.37. The summed E-state index contributed by atoms with van der Waals surface area (Å²) in [5.41, 5.74) is -0.954. The number of carbonyl (C=O) groups is 1. The Balaban J connectivity index is 2.12. The van der Waals surface area contributed by atoms with Crippen molar-refractivity contribution in [3.8, 4) is 0 Å². The van der Waals surface area contributed by atoms with Gasteiger partial charge in [0, 0.05) is 5.92 Å². The third-order valence-electron chi connectivity index (χ3n) is 4.95. The maximum atomic E-state index is 11.9. The number of Topliss-reactive ketones (excluding diaryl/α,β-unsaturated/α-hetero) is 1. The molecular weight excluding hydrogens is 304 g/mol. The van der Waals surface area contributed by atoms with E-state index in [0.29, 0.717) is 12.3 Å². The summed E-state index contributed by atoms with van der Waals surface area (Å²) in [7, 11) is 0. The van der Waals surface area contributed by atoms with E-state index in [1.165, 1.54) is 0 Å². The standard InChI is InChI=1S/C16H28O7/c1-8-4-5-9(16(2,3)21)10(6-8)22-15-14(20)13(19)12(18)11(7-17)23-15/h8-12,14-15,17-18,20-21H,4-7H2,1-3H3/t8-,9-,10?,11-,12-,14-,15-/m1/s1. The molecule has 0 aromatic rings. The molecule has 7 nitrogen and oxygen atoms in total. The van der Waals surface area contributed by atoms with Gasteiger partial charge >= 0.3 is 0 Å². The molecule has 7 heteroatoms. The maximum absolute atomic E-state index is 11.9. The van der Waals surface area contributed by atoms with E-state index in [-0.39, 0.29) is 12.0 Å². The Morgan fingerprint density at radius 3 is 2.48 bits per heavy atom. The summed E-state index contributed by atoms with van der Waals surface area (Å²) in [5.74, 6) is -0.567. The smallest absolute Gasteiger partial charge is 0.197 e. The first-order chi connectivity index (χ1) is 10.6. The van der Waals surface area contributed by atoms with Crippen molar-refractivity contribution in [2.24, 2.45) is 11.8 Å². The average molecular weight is 332 g/mol. The zero-order valence-corrected chi connectivity index (χ0v) is 13.9. The molecule has 7 atom stereocenters. The highest BCUT2D eigenvalue weighted by molar-refractivity contribution is 5.88. The Bertz CT molecular complexity index is 419. The molecule has 1 aliphatic carbocycles. The summed E-state index contributed by atoms with van der Waals surface area (Å²) in [4.78, 5) is 11.9. The number of aliphatic hydroxyl groups excluding tert-OH is 3. The van der Waals surface area contributed by atoms with Gasteiger partial charge in [-0.1, -0.05) is 13.3 Å². The molecule has 0 aromatic carbocycles. The molecule has 23 heavy (non-hydrogen) atoms. The normalized spacial score (nSPS) is 42.7. The molecule has 134 valence electrons. The van der Waals surface area contributed by atoms with Gasteiger partial charge in [-0.2, -0.15) is 0 Å². The molecule has 0 amide bonds. The van der Waals surface area contributed by atoms with Gasteiger partial charge in [0.2, 0.25) is 0 Å². The van der Waals surface area contributed by atoms with Gasteiger partial charge < -0.3 is 29.9 Å². The van der Waals surface area contributed by atoms with Gasteiger partial charge in [0.05, 0.1) is 18.3 Å². The lowest BCUT2D eigenvalue weighted by Gasteiger charge is -2.44. The minimum Gasteiger partial charge on any atom is -0.394 e. The highest BCUT2D eigenvalue weighted by Crippen LogP contribution is 2.38. The monoisotopic (exact) mass is 332 g/mol. The number of hydrogen-bond donors (Lipinski definition) is 4. The van der Waals surface area contributed by atoms with Gasteiger partial charge in [-0.15, -0.1) is 0 Å². The Morgan fingerprint density at radius 2 is 1.91 bits per heavy atom. The summed E-state index contributed by atoms with van der Waals surface area (Å²) < 4.78 is 11.2. The topological polar surface area (TPSA) is 116 Å². The van der Waals surface area contributed by atoms with E-state index >= 15 is 0 Å². The number of rotatable bonds is 4. The summed E-state index contributed by atoms with van der Waals surface area (Å²) >= 11 is 0. The van der Waals surface area contributed by atoms with Crippen LogP contribution in [0.5, 0.6) is 0 Å². The molecule has 4 N–H and O–H groups in total. The Kier molecular flexibility index (Phi) is 5.81. The van der Waals surface area contributed by atoms with E-state index in [9.17, 15) is 25.2 Å². The summed E-state index contributed by atoms with van der Waals surface area (Å²) in [5, 5.41) is 39.2. The Morgan fingerprint density at radius 1 is 1.26 bits per heavy atom. The van der Waals surface area contributed by atoms with Gasteiger partial charge in [0.1, 0.15) is 12.2 Å². The molecule has 1 aliphatic heterocycles. The fourth-order valence-corrected chi connectivity index (χ4v) is 3.52. The van der Waals surface area contributed by atoms with E-state index in [1.807, 2.05) is 0 Å². The molecule has 2 aliphatic rings. The first-order valence-corrected chi connectivity index (χ1v) is 8.19. The van der Waals surface area contributed by atoms with Crippen molar-refractivity contribution in [3.63, 3.8) is 0 Å². The third kappa shape index (κ3) is 4.10. The van der Waals surface area contributed by atoms with E-state index in [2.05, 4.69) is 6.92 Å². The zero-order valence-electron chi connectivity index (χ0n) is 13.9. The lowest BCUT2D eigenvalue weighted by atomic mass is 9.73. The molecule has 2 rings (SSSR count). The second kappa shape index (κ2) is 7.13. The van der Waals surface area contributed by atoms with Crippen LogP contribution in [0.2, 0.25) is 0 Å². The van der Waals surface area contributed by atoms with E-state index < -0.39 is 42.6 Å². The van der Waals surface area contributed by atoms with Crippen LogP contribution in [0, 0.1) is 11.8 Å². The lowest BCUT2D eigenvalue weighted by molar-refractivity contribution is -0.282. The summed E-state index contributed by atoms with van der Waals surface area (Å²) in [6.07, 6.45) is -3.47. The summed E-state index contributed by atoms with van der Waals surface area (Å²) in [6.45, 7) is 4.97. The van der Waals surface area contributed by atoms with Gasteiger partial charge in [-0.25, -0.2) is 0 Å². The van der Waals surface area contributed by atoms with Crippen LogP contribution in [-0.4, -0.2) is 69.1 Å². The fraction of sp³-hybridized carbons (Fsp3) is 0.938. The SMILES string of the molecule is C[C@@H]1CC[C@@H](C(C)(C)O)C(O[C@@H]2O[C@H](CO)[C@@H](O)C(=O)[C@H]2O)C1. The molecule has 0 bridgehead atoms. The highest BCUT2D eigenvalue weighted by atomic mass is 16.7. The predicted octanol–water partition coefficient (Wildman–Crippen LogP) is -0.413. The van der Waals surface area contributed by atoms with Crippen molar-refractivity contribution in [1.29, 1.82) is 0 Å². The number of ether oxygens (including phenoxy) is 2. The van der Waals surface area contributed by atoms with E-state index in [1.54, 1.807) is 13.8 Å². The minimum atomic E-state index is -1.60. The first kappa shape index (κ1) is 18.8. The van der Waals surface area contributed by atoms with E-state index in [0.717, 1.165) is 12.8 Å². The molecule has 0 radical (unpaired) electrons. The van der Waals surface area contributed by atoms with Crippen molar-refractivity contribution >= 4 is 5.78 Å². The fourth-order valence-electron chi connectivity index (χ4n) is 3.52. The van der Waals surface area contributed by atoms with Crippen LogP contribution in [0.15, 0.2) is 0 Å². The van der Waals surface area contributed by atoms with Crippen LogP contribution >= 0.6 is 0 Å². The van der Waals surface area contributed by atoms with Crippen molar-refractivity contribution in [2.75, 3.05) is 6.61 Å². The molecule has 0 spiro atoms. The Labute approximate surface area is 136 Å². The average Bonchev–Trinajstić information content (AvgIpc) is 2.46. The van der Waals surface area contributed by atoms with Crippen molar-refractivity contribution < 1.29 is 34.7 Å². The number of carbonyl (C=O) groups excluding carboxylic acids is 1. The summed E-state index contributed by atoms with van der Waals surface area (Å²) in [6, 6.07) is 0. The van der Waals surface area contributed by atoms with Crippen molar-refractivity contribution in [1.82, 2.24) is 0 Å². The lowest BCUT2D eigenvalue weighted by Crippen LogP contribution is -2.58. The van der Waals surface area contributed by atoms with Gasteiger partial charge in [-0.05, 0) is 32.6 Å². The quantitative estimate of drug-likeness (QED) is 0.553. The van der Waals surface area contributed by atoms with Crippen molar-refractivity contribution in [2.45, 2.75) is 76.3 Å². The first-order valence-electron chi connectivity index (χ1n) is 8.19. The molecule has 1 saturated carbocycles. The maximum Gasteiger partial charge on any atom is 0.197 e. The zero-order chi connectivity index (χ0) is 17.4. The van der Waals surface area contributed by atoms with Crippen LogP contribution in [0.3, 0.4) is 0 Å². The number of ketones is 1. The molecular formula is C16H28O7. The molecule has 0 aromatic heterocycles. The van der Waals surface area contributed by atoms with Crippen LogP contribution < -0.4 is 0 Å². The van der Waals surface area contributed by atoms with Gasteiger partial charge in [-0.3, -0.25) is 4.79 Å². The van der Waals surface area contributed by atoms with Crippen LogP contribution in [-0.2, 0) is 14.3 Å².